The monoisotopic (exact) mass is 229 g/mol. The Morgan fingerprint density at radius 2 is 1.44 bits per heavy atom. The fourth-order valence-corrected chi connectivity index (χ4v) is 1.87. The van der Waals surface area contributed by atoms with Gasteiger partial charge in [0.15, 0.2) is 0 Å². The predicted molar refractivity (Wildman–Crippen MR) is 68.5 cm³/mol. The van der Waals surface area contributed by atoms with Gasteiger partial charge in [-0.05, 0) is 6.42 Å². The largest absolute Gasteiger partial charge is 0.391 e. The molecule has 0 heterocycles. The molecule has 0 fully saturated rings. The van der Waals surface area contributed by atoms with Crippen molar-refractivity contribution in [2.24, 2.45) is 5.18 Å². The zero-order valence-electron chi connectivity index (χ0n) is 10.7. The second kappa shape index (κ2) is 12.6. The summed E-state index contributed by atoms with van der Waals surface area (Å²) < 4.78 is 0. The summed E-state index contributed by atoms with van der Waals surface area (Å²) in [6.07, 6.45) is 11.7. The lowest BCUT2D eigenvalue weighted by Gasteiger charge is -2.05. The third-order valence-electron chi connectivity index (χ3n) is 2.93. The summed E-state index contributed by atoms with van der Waals surface area (Å²) >= 11 is 0. The molecule has 0 aliphatic carbocycles. The van der Waals surface area contributed by atoms with Gasteiger partial charge in [0.2, 0.25) is 0 Å². The maximum absolute atomic E-state index is 9.87. The van der Waals surface area contributed by atoms with E-state index in [0.29, 0.717) is 0 Å². The molecule has 0 aliphatic rings. The number of hydrogen-bond donors (Lipinski definition) is 1. The van der Waals surface area contributed by atoms with Crippen molar-refractivity contribution >= 4 is 0 Å². The Kier molecular flexibility index (Phi) is 12.3. The van der Waals surface area contributed by atoms with Crippen LogP contribution in [0, 0.1) is 4.91 Å². The Morgan fingerprint density at radius 1 is 0.938 bits per heavy atom. The quantitative estimate of drug-likeness (QED) is 0.405. The Morgan fingerprint density at radius 3 is 1.94 bits per heavy atom. The highest BCUT2D eigenvalue weighted by molar-refractivity contribution is 4.58. The summed E-state index contributed by atoms with van der Waals surface area (Å²) in [6.45, 7) is 2.29. The van der Waals surface area contributed by atoms with E-state index in [1.165, 1.54) is 51.4 Å². The topological polar surface area (TPSA) is 49.7 Å². The van der Waals surface area contributed by atoms with Crippen molar-refractivity contribution < 1.29 is 5.11 Å². The van der Waals surface area contributed by atoms with Crippen LogP contribution in [0.3, 0.4) is 0 Å². The van der Waals surface area contributed by atoms with Crippen LogP contribution >= 0.6 is 0 Å². The number of nitrogens with zero attached hydrogens (tertiary/aromatic N) is 1. The Labute approximate surface area is 99.6 Å². The average molecular weight is 229 g/mol. The molecule has 0 bridgehead atoms. The molecular formula is C13H27NO2. The van der Waals surface area contributed by atoms with Gasteiger partial charge in [0.1, 0.15) is 6.54 Å². The molecule has 3 nitrogen and oxygen atoms in total. The number of aliphatic hydroxyl groups is 1. The fourth-order valence-electron chi connectivity index (χ4n) is 1.87. The van der Waals surface area contributed by atoms with Crippen molar-refractivity contribution in [3.05, 3.63) is 4.91 Å². The van der Waals surface area contributed by atoms with Gasteiger partial charge < -0.3 is 5.11 Å². The van der Waals surface area contributed by atoms with Gasteiger partial charge in [0.05, 0.1) is 6.10 Å². The SMILES string of the molecule is CCCCCCCCCCCC(O)CN=O. The summed E-state index contributed by atoms with van der Waals surface area (Å²) in [4.78, 5) is 9.87. The minimum Gasteiger partial charge on any atom is -0.391 e. The molecule has 1 unspecified atom stereocenters. The van der Waals surface area contributed by atoms with E-state index < -0.39 is 6.10 Å². The third kappa shape index (κ3) is 11.6. The lowest BCUT2D eigenvalue weighted by Crippen LogP contribution is -2.09. The molecule has 0 rings (SSSR count). The molecule has 16 heavy (non-hydrogen) atoms. The smallest absolute Gasteiger partial charge is 0.107 e. The Hall–Kier alpha value is -0.440. The molecule has 3 heteroatoms. The van der Waals surface area contributed by atoms with Gasteiger partial charge >= 0.3 is 0 Å². The van der Waals surface area contributed by atoms with Crippen molar-refractivity contribution in [2.45, 2.75) is 77.2 Å². The first-order valence-electron chi connectivity index (χ1n) is 6.78. The highest BCUT2D eigenvalue weighted by Crippen LogP contribution is 2.11. The first kappa shape index (κ1) is 15.6. The van der Waals surface area contributed by atoms with Gasteiger partial charge in [0, 0.05) is 0 Å². The molecule has 0 amide bonds. The van der Waals surface area contributed by atoms with E-state index in [4.69, 9.17) is 0 Å². The highest BCUT2D eigenvalue weighted by Gasteiger charge is 2.02. The van der Waals surface area contributed by atoms with E-state index in [1.807, 2.05) is 0 Å². The highest BCUT2D eigenvalue weighted by atomic mass is 16.3. The van der Waals surface area contributed by atoms with Gasteiger partial charge in [-0.15, -0.1) is 0 Å². The first-order valence-corrected chi connectivity index (χ1v) is 6.78. The average Bonchev–Trinajstić information content (AvgIpc) is 2.27. The zero-order chi connectivity index (χ0) is 12.1. The minimum atomic E-state index is -0.512. The number of unbranched alkanes of at least 4 members (excludes halogenated alkanes) is 8. The lowest BCUT2D eigenvalue weighted by atomic mass is 10.1. The molecule has 0 aromatic heterocycles. The molecule has 0 saturated heterocycles. The van der Waals surface area contributed by atoms with Crippen LogP contribution in [0.25, 0.3) is 0 Å². The molecule has 0 aromatic rings. The van der Waals surface area contributed by atoms with E-state index >= 15 is 0 Å². The van der Waals surface area contributed by atoms with Crippen molar-refractivity contribution in [1.82, 2.24) is 0 Å². The summed E-state index contributed by atoms with van der Waals surface area (Å²) in [7, 11) is 0. The second-order valence-electron chi connectivity index (χ2n) is 4.58. The van der Waals surface area contributed by atoms with Crippen LogP contribution in [0.2, 0.25) is 0 Å². The van der Waals surface area contributed by atoms with Crippen LogP contribution in [-0.4, -0.2) is 17.8 Å². The maximum atomic E-state index is 9.87. The van der Waals surface area contributed by atoms with Crippen LogP contribution in [0.15, 0.2) is 5.18 Å². The van der Waals surface area contributed by atoms with Crippen LogP contribution in [0.5, 0.6) is 0 Å². The number of aliphatic hydroxyl groups excluding tert-OH is 1. The number of hydrogen-bond acceptors (Lipinski definition) is 3. The van der Waals surface area contributed by atoms with E-state index in [2.05, 4.69) is 12.1 Å². The minimum absolute atomic E-state index is 0.0526. The van der Waals surface area contributed by atoms with Gasteiger partial charge in [-0.3, -0.25) is 0 Å². The molecule has 1 N–H and O–H groups in total. The summed E-state index contributed by atoms with van der Waals surface area (Å²) in [5.74, 6) is 0. The predicted octanol–water partition coefficient (Wildman–Crippen LogP) is 4.03. The summed E-state index contributed by atoms with van der Waals surface area (Å²) in [5, 5.41) is 11.9. The van der Waals surface area contributed by atoms with Crippen LogP contribution < -0.4 is 0 Å². The van der Waals surface area contributed by atoms with E-state index in [9.17, 15) is 10.0 Å². The molecule has 0 saturated carbocycles. The third-order valence-corrected chi connectivity index (χ3v) is 2.93. The van der Waals surface area contributed by atoms with Gasteiger partial charge in [-0.2, -0.15) is 4.91 Å². The molecular weight excluding hydrogens is 202 g/mol. The van der Waals surface area contributed by atoms with Crippen molar-refractivity contribution in [3.63, 3.8) is 0 Å². The molecule has 0 spiro atoms. The fraction of sp³-hybridized carbons (Fsp3) is 1.00. The van der Waals surface area contributed by atoms with E-state index in [0.717, 1.165) is 12.8 Å². The summed E-state index contributed by atoms with van der Waals surface area (Å²) in [6, 6.07) is 0. The van der Waals surface area contributed by atoms with Crippen LogP contribution in [0.4, 0.5) is 0 Å². The van der Waals surface area contributed by atoms with E-state index in [1.54, 1.807) is 0 Å². The van der Waals surface area contributed by atoms with Gasteiger partial charge in [0.25, 0.3) is 0 Å². The zero-order valence-corrected chi connectivity index (χ0v) is 10.7. The molecule has 0 aliphatic heterocycles. The van der Waals surface area contributed by atoms with Crippen molar-refractivity contribution in [2.75, 3.05) is 6.54 Å². The Bertz CT molecular complexity index is 151. The number of rotatable bonds is 12. The molecule has 0 radical (unpaired) electrons. The van der Waals surface area contributed by atoms with E-state index in [-0.39, 0.29) is 6.54 Å². The van der Waals surface area contributed by atoms with Gasteiger partial charge in [-0.1, -0.05) is 69.9 Å². The number of nitroso groups, excluding NO2 is 1. The van der Waals surface area contributed by atoms with Crippen molar-refractivity contribution in [3.8, 4) is 0 Å². The Balaban J connectivity index is 3.00. The summed E-state index contributed by atoms with van der Waals surface area (Å²) in [5.41, 5.74) is 0. The van der Waals surface area contributed by atoms with Crippen LogP contribution in [0.1, 0.15) is 71.1 Å². The second-order valence-corrected chi connectivity index (χ2v) is 4.58. The molecule has 96 valence electrons. The van der Waals surface area contributed by atoms with Crippen LogP contribution in [-0.2, 0) is 0 Å². The first-order chi connectivity index (χ1) is 7.81. The molecule has 0 aromatic carbocycles. The van der Waals surface area contributed by atoms with Gasteiger partial charge in [-0.25, -0.2) is 0 Å². The molecule has 1 atom stereocenters. The maximum Gasteiger partial charge on any atom is 0.107 e. The lowest BCUT2D eigenvalue weighted by molar-refractivity contribution is 0.169. The normalized spacial score (nSPS) is 12.6. The van der Waals surface area contributed by atoms with Crippen molar-refractivity contribution in [1.29, 1.82) is 0 Å². The standard InChI is InChI=1S/C13H27NO2/c1-2-3-4-5-6-7-8-9-10-11-13(15)12-14-16/h13,15H,2-12H2,1H3.